The van der Waals surface area contributed by atoms with Gasteiger partial charge in [0, 0.05) is 18.0 Å². The fraction of sp³-hybridized carbons (Fsp3) is 0.733. The highest BCUT2D eigenvalue weighted by molar-refractivity contribution is 7.16. The van der Waals surface area contributed by atoms with E-state index in [0.29, 0.717) is 6.04 Å². The van der Waals surface area contributed by atoms with Crippen molar-refractivity contribution in [3.05, 3.63) is 21.3 Å². The number of likely N-dealkylation sites (N-methyl/N-ethyl adjacent to an activating group) is 1. The Morgan fingerprint density at radius 2 is 2.00 bits per heavy atom. The van der Waals surface area contributed by atoms with E-state index >= 15 is 0 Å². The molecule has 1 atom stereocenters. The summed E-state index contributed by atoms with van der Waals surface area (Å²) in [6, 6.07) is 4.49. The van der Waals surface area contributed by atoms with Gasteiger partial charge in [0.15, 0.2) is 0 Å². The molecule has 1 aromatic rings. The molecule has 1 aromatic heterocycles. The summed E-state index contributed by atoms with van der Waals surface area (Å²) in [5.74, 6) is 0. The first kappa shape index (κ1) is 15.3. The Morgan fingerprint density at radius 1 is 1.32 bits per heavy atom. The second kappa shape index (κ2) is 7.07. The SMILES string of the molecule is CNC(Cc1ccc(Cl)s1)C1(OC)CCCCCC1. The molecule has 1 unspecified atom stereocenters. The average Bonchev–Trinajstić information content (AvgIpc) is 2.69. The fourth-order valence-corrected chi connectivity index (χ4v) is 4.37. The van der Waals surface area contributed by atoms with Crippen LogP contribution in [-0.2, 0) is 11.2 Å². The number of methoxy groups -OCH3 is 1. The van der Waals surface area contributed by atoms with Gasteiger partial charge in [0.25, 0.3) is 0 Å². The van der Waals surface area contributed by atoms with E-state index in [4.69, 9.17) is 16.3 Å². The van der Waals surface area contributed by atoms with Crippen LogP contribution in [0, 0.1) is 0 Å². The molecular formula is C15H24ClNOS. The Kier molecular flexibility index (Phi) is 5.70. The molecule has 108 valence electrons. The van der Waals surface area contributed by atoms with Gasteiger partial charge in [0.05, 0.1) is 9.94 Å². The van der Waals surface area contributed by atoms with Crippen LogP contribution in [0.1, 0.15) is 43.4 Å². The Hall–Kier alpha value is -0.0900. The van der Waals surface area contributed by atoms with Crippen molar-refractivity contribution in [3.63, 3.8) is 0 Å². The minimum Gasteiger partial charge on any atom is -0.377 e. The number of halogens is 1. The van der Waals surface area contributed by atoms with E-state index in [2.05, 4.69) is 11.4 Å². The molecule has 0 radical (unpaired) electrons. The quantitative estimate of drug-likeness (QED) is 0.820. The molecule has 0 spiro atoms. The molecule has 0 bridgehead atoms. The summed E-state index contributed by atoms with van der Waals surface area (Å²) in [5, 5.41) is 3.49. The van der Waals surface area contributed by atoms with Crippen molar-refractivity contribution in [1.82, 2.24) is 5.32 Å². The average molecular weight is 302 g/mol. The third-order valence-corrected chi connectivity index (χ3v) is 5.63. The van der Waals surface area contributed by atoms with Crippen molar-refractivity contribution in [2.75, 3.05) is 14.2 Å². The second-order valence-electron chi connectivity index (χ2n) is 5.43. The summed E-state index contributed by atoms with van der Waals surface area (Å²) < 4.78 is 6.87. The zero-order valence-corrected chi connectivity index (χ0v) is 13.4. The van der Waals surface area contributed by atoms with Crippen molar-refractivity contribution < 1.29 is 4.74 Å². The molecule has 4 heteroatoms. The molecule has 0 saturated heterocycles. The van der Waals surface area contributed by atoms with Crippen LogP contribution in [0.25, 0.3) is 0 Å². The van der Waals surface area contributed by atoms with E-state index in [0.717, 1.165) is 23.6 Å². The van der Waals surface area contributed by atoms with Crippen molar-refractivity contribution in [1.29, 1.82) is 0 Å². The third kappa shape index (κ3) is 3.72. The van der Waals surface area contributed by atoms with Crippen LogP contribution in [0.3, 0.4) is 0 Å². The van der Waals surface area contributed by atoms with Crippen LogP contribution in [-0.4, -0.2) is 25.8 Å². The lowest BCUT2D eigenvalue weighted by Gasteiger charge is -2.39. The van der Waals surface area contributed by atoms with Crippen LogP contribution in [0.15, 0.2) is 12.1 Å². The largest absolute Gasteiger partial charge is 0.377 e. The van der Waals surface area contributed by atoms with Gasteiger partial charge in [0.2, 0.25) is 0 Å². The first-order valence-corrected chi connectivity index (χ1v) is 8.36. The molecule has 1 aliphatic rings. The van der Waals surface area contributed by atoms with Gasteiger partial charge in [0.1, 0.15) is 0 Å². The van der Waals surface area contributed by atoms with Gasteiger partial charge in [-0.05, 0) is 38.4 Å². The molecular weight excluding hydrogens is 278 g/mol. The van der Waals surface area contributed by atoms with E-state index in [1.54, 1.807) is 11.3 Å². The lowest BCUT2D eigenvalue weighted by atomic mass is 9.84. The van der Waals surface area contributed by atoms with E-state index < -0.39 is 0 Å². The van der Waals surface area contributed by atoms with Crippen LogP contribution < -0.4 is 5.32 Å². The van der Waals surface area contributed by atoms with Crippen LogP contribution in [0.5, 0.6) is 0 Å². The topological polar surface area (TPSA) is 21.3 Å². The number of hydrogen-bond acceptors (Lipinski definition) is 3. The maximum Gasteiger partial charge on any atom is 0.0931 e. The van der Waals surface area contributed by atoms with E-state index in [1.807, 2.05) is 20.2 Å². The van der Waals surface area contributed by atoms with Crippen molar-refractivity contribution in [2.45, 2.75) is 56.6 Å². The molecule has 0 aliphatic heterocycles. The molecule has 1 saturated carbocycles. The highest BCUT2D eigenvalue weighted by Crippen LogP contribution is 2.35. The smallest absolute Gasteiger partial charge is 0.0931 e. The van der Waals surface area contributed by atoms with Gasteiger partial charge in [-0.3, -0.25) is 0 Å². The molecule has 19 heavy (non-hydrogen) atoms. The Balaban J connectivity index is 2.12. The van der Waals surface area contributed by atoms with Crippen LogP contribution in [0.2, 0.25) is 4.34 Å². The number of nitrogens with one attached hydrogen (secondary N) is 1. The predicted molar refractivity (Wildman–Crippen MR) is 83.3 cm³/mol. The Labute approximate surface area is 125 Å². The Morgan fingerprint density at radius 3 is 2.47 bits per heavy atom. The second-order valence-corrected chi connectivity index (χ2v) is 7.23. The summed E-state index contributed by atoms with van der Waals surface area (Å²) in [7, 11) is 3.92. The molecule has 0 amide bonds. The highest BCUT2D eigenvalue weighted by atomic mass is 35.5. The minimum atomic E-state index is -0.0122. The summed E-state index contributed by atoms with van der Waals surface area (Å²) in [6.45, 7) is 0. The van der Waals surface area contributed by atoms with Crippen molar-refractivity contribution in [3.8, 4) is 0 Å². The van der Waals surface area contributed by atoms with E-state index in [1.165, 1.54) is 30.6 Å². The molecule has 1 heterocycles. The highest BCUT2D eigenvalue weighted by Gasteiger charge is 2.38. The summed E-state index contributed by atoms with van der Waals surface area (Å²) in [6.07, 6.45) is 8.55. The number of rotatable bonds is 5. The molecule has 0 aromatic carbocycles. The molecule has 2 nitrogen and oxygen atoms in total. The maximum absolute atomic E-state index is 6.03. The molecule has 1 aliphatic carbocycles. The van der Waals surface area contributed by atoms with Gasteiger partial charge in [-0.2, -0.15) is 0 Å². The van der Waals surface area contributed by atoms with Crippen molar-refractivity contribution in [2.24, 2.45) is 0 Å². The van der Waals surface area contributed by atoms with Crippen LogP contribution in [0.4, 0.5) is 0 Å². The number of thiophene rings is 1. The summed E-state index contributed by atoms with van der Waals surface area (Å²) >= 11 is 7.71. The number of ether oxygens (including phenoxy) is 1. The molecule has 2 rings (SSSR count). The summed E-state index contributed by atoms with van der Waals surface area (Å²) in [4.78, 5) is 1.34. The normalized spacial score (nSPS) is 21.0. The zero-order valence-electron chi connectivity index (χ0n) is 11.9. The van der Waals surface area contributed by atoms with E-state index in [9.17, 15) is 0 Å². The fourth-order valence-electron chi connectivity index (χ4n) is 3.24. The minimum absolute atomic E-state index is 0.0122. The monoisotopic (exact) mass is 301 g/mol. The number of hydrogen-bond donors (Lipinski definition) is 1. The lowest BCUT2D eigenvalue weighted by molar-refractivity contribution is -0.0507. The maximum atomic E-state index is 6.03. The lowest BCUT2D eigenvalue weighted by Crippen LogP contribution is -2.51. The van der Waals surface area contributed by atoms with Crippen molar-refractivity contribution >= 4 is 22.9 Å². The molecule has 1 fully saturated rings. The van der Waals surface area contributed by atoms with Gasteiger partial charge < -0.3 is 10.1 Å². The predicted octanol–water partition coefficient (Wildman–Crippen LogP) is 4.27. The Bertz CT molecular complexity index is 385. The van der Waals surface area contributed by atoms with Gasteiger partial charge in [-0.1, -0.05) is 37.3 Å². The standard InChI is InChI=1S/C15H24ClNOS/c1-17-13(11-12-7-8-14(16)19-12)15(18-2)9-5-3-4-6-10-15/h7-8,13,17H,3-6,9-11H2,1-2H3. The zero-order chi connectivity index (χ0) is 13.7. The van der Waals surface area contributed by atoms with Gasteiger partial charge in [-0.15, -0.1) is 11.3 Å². The first-order valence-electron chi connectivity index (χ1n) is 7.17. The third-order valence-electron chi connectivity index (χ3n) is 4.37. The van der Waals surface area contributed by atoms with Crippen LogP contribution >= 0.6 is 22.9 Å². The van der Waals surface area contributed by atoms with E-state index in [-0.39, 0.29) is 5.60 Å². The summed E-state index contributed by atoms with van der Waals surface area (Å²) in [5.41, 5.74) is -0.0122. The molecule has 1 N–H and O–H groups in total. The van der Waals surface area contributed by atoms with Gasteiger partial charge >= 0.3 is 0 Å². The first-order chi connectivity index (χ1) is 9.20. The van der Waals surface area contributed by atoms with Gasteiger partial charge in [-0.25, -0.2) is 0 Å².